The van der Waals surface area contributed by atoms with Crippen LogP contribution in [-0.2, 0) is 9.59 Å². The maximum atomic E-state index is 13.3. The third kappa shape index (κ3) is 6.20. The number of benzene rings is 1. The minimum absolute atomic E-state index is 0.129. The van der Waals surface area contributed by atoms with E-state index in [4.69, 9.17) is 0 Å². The van der Waals surface area contributed by atoms with Gasteiger partial charge in [-0.3, -0.25) is 19.4 Å². The number of nitrogens with zero attached hydrogens (tertiary/aromatic N) is 2. The lowest BCUT2D eigenvalue weighted by atomic mass is 10.00. The highest BCUT2D eigenvalue weighted by atomic mass is 19.3. The summed E-state index contributed by atoms with van der Waals surface area (Å²) in [6.45, 7) is 5.22. The maximum Gasteiger partial charge on any atom is 0.250 e. The Hall–Kier alpha value is -2.10. The van der Waals surface area contributed by atoms with Crippen molar-refractivity contribution in [3.05, 3.63) is 23.8 Å². The molecule has 2 aliphatic rings. The van der Waals surface area contributed by atoms with Crippen LogP contribution in [0.25, 0.3) is 0 Å². The molecule has 30 heavy (non-hydrogen) atoms. The quantitative estimate of drug-likeness (QED) is 0.651. The topological polar surface area (TPSA) is 84.9 Å². The van der Waals surface area contributed by atoms with Gasteiger partial charge in [-0.15, -0.1) is 0 Å². The second-order valence-corrected chi connectivity index (χ2v) is 8.58. The van der Waals surface area contributed by atoms with Crippen molar-refractivity contribution in [1.82, 2.24) is 9.80 Å². The Kier molecular flexibility index (Phi) is 6.74. The highest BCUT2D eigenvalue weighted by Gasteiger charge is 2.41. The fourth-order valence-electron chi connectivity index (χ4n) is 4.09. The summed E-state index contributed by atoms with van der Waals surface area (Å²) in [7, 11) is 0. The molecule has 3 rings (SSSR count). The Morgan fingerprint density at radius 2 is 1.77 bits per heavy atom. The number of β-amino-alcohol motifs (C(OH)–C–C–N with tert-alkyl or cyclic N) is 1. The molecule has 2 saturated heterocycles. The third-order valence-corrected chi connectivity index (χ3v) is 5.72. The number of halogens is 2. The smallest absolute Gasteiger partial charge is 0.250 e. The maximum absolute atomic E-state index is 13.3. The minimum atomic E-state index is -2.60. The first-order valence-corrected chi connectivity index (χ1v) is 10.3. The molecule has 2 amide bonds. The number of aliphatic hydroxyl groups is 1. The van der Waals surface area contributed by atoms with Gasteiger partial charge in [-0.2, -0.15) is 0 Å². The number of anilines is 2. The van der Waals surface area contributed by atoms with Crippen LogP contribution in [0.4, 0.5) is 20.2 Å². The predicted molar refractivity (Wildman–Crippen MR) is 111 cm³/mol. The SMILES string of the molecule is CC(=O)Nc1cc(NC(=O)CN2CCC(O)(CN3CCC(F)(F)CC3)C2)ccc1C. The molecule has 166 valence electrons. The summed E-state index contributed by atoms with van der Waals surface area (Å²) >= 11 is 0. The Balaban J connectivity index is 1.49. The number of hydrogen-bond acceptors (Lipinski definition) is 5. The minimum Gasteiger partial charge on any atom is -0.387 e. The average Bonchev–Trinajstić information content (AvgIpc) is 2.99. The van der Waals surface area contributed by atoms with Crippen molar-refractivity contribution < 1.29 is 23.5 Å². The summed E-state index contributed by atoms with van der Waals surface area (Å²) in [5.74, 6) is -3.00. The van der Waals surface area contributed by atoms with Gasteiger partial charge in [0.2, 0.25) is 11.8 Å². The zero-order chi connectivity index (χ0) is 21.9. The Morgan fingerprint density at radius 3 is 2.43 bits per heavy atom. The van der Waals surface area contributed by atoms with Crippen LogP contribution in [0.1, 0.15) is 31.7 Å². The predicted octanol–water partition coefficient (Wildman–Crippen LogP) is 2.06. The summed E-state index contributed by atoms with van der Waals surface area (Å²) in [4.78, 5) is 27.5. The number of carbonyl (C=O) groups is 2. The van der Waals surface area contributed by atoms with Crippen molar-refractivity contribution in [2.45, 2.75) is 44.6 Å². The first-order valence-electron chi connectivity index (χ1n) is 10.3. The lowest BCUT2D eigenvalue weighted by Crippen LogP contribution is -2.49. The van der Waals surface area contributed by atoms with Crippen LogP contribution in [0.15, 0.2) is 18.2 Å². The van der Waals surface area contributed by atoms with Gasteiger partial charge in [0.25, 0.3) is 5.92 Å². The molecule has 1 aromatic carbocycles. The molecule has 0 aliphatic carbocycles. The van der Waals surface area contributed by atoms with Crippen molar-refractivity contribution in [3.63, 3.8) is 0 Å². The van der Waals surface area contributed by atoms with Crippen LogP contribution in [-0.4, -0.2) is 77.5 Å². The number of carbonyl (C=O) groups excluding carboxylic acids is 2. The van der Waals surface area contributed by atoms with Gasteiger partial charge in [-0.25, -0.2) is 8.78 Å². The number of amides is 2. The van der Waals surface area contributed by atoms with Crippen molar-refractivity contribution in [2.75, 3.05) is 49.9 Å². The second kappa shape index (κ2) is 8.95. The molecule has 2 aliphatic heterocycles. The molecule has 2 heterocycles. The highest BCUT2D eigenvalue weighted by Crippen LogP contribution is 2.30. The summed E-state index contributed by atoms with van der Waals surface area (Å²) in [5.41, 5.74) is 1.12. The Labute approximate surface area is 175 Å². The molecule has 0 bridgehead atoms. The lowest BCUT2D eigenvalue weighted by molar-refractivity contribution is -0.117. The zero-order valence-electron chi connectivity index (χ0n) is 17.5. The molecule has 0 saturated carbocycles. The molecule has 0 aromatic heterocycles. The van der Waals surface area contributed by atoms with Gasteiger partial charge in [-0.05, 0) is 31.0 Å². The van der Waals surface area contributed by atoms with Crippen LogP contribution in [0.5, 0.6) is 0 Å². The number of rotatable bonds is 6. The summed E-state index contributed by atoms with van der Waals surface area (Å²) < 4.78 is 26.6. The average molecular weight is 424 g/mol. The number of likely N-dealkylation sites (tertiary alicyclic amines) is 2. The summed E-state index contributed by atoms with van der Waals surface area (Å²) in [6, 6.07) is 5.30. The van der Waals surface area contributed by atoms with Crippen molar-refractivity contribution in [2.24, 2.45) is 0 Å². The van der Waals surface area contributed by atoms with Crippen molar-refractivity contribution in [3.8, 4) is 0 Å². The highest BCUT2D eigenvalue weighted by molar-refractivity contribution is 5.94. The number of nitrogens with one attached hydrogen (secondary N) is 2. The van der Waals surface area contributed by atoms with Gasteiger partial charge in [0, 0.05) is 63.9 Å². The fourth-order valence-corrected chi connectivity index (χ4v) is 4.09. The van der Waals surface area contributed by atoms with E-state index in [2.05, 4.69) is 10.6 Å². The van der Waals surface area contributed by atoms with Crippen molar-refractivity contribution in [1.29, 1.82) is 0 Å². The van der Waals surface area contributed by atoms with Gasteiger partial charge in [0.15, 0.2) is 0 Å². The van der Waals surface area contributed by atoms with Crippen molar-refractivity contribution >= 4 is 23.2 Å². The van der Waals surface area contributed by atoms with Gasteiger partial charge in [0.1, 0.15) is 0 Å². The lowest BCUT2D eigenvalue weighted by Gasteiger charge is -2.36. The number of hydrogen-bond donors (Lipinski definition) is 3. The molecular weight excluding hydrogens is 394 g/mol. The second-order valence-electron chi connectivity index (χ2n) is 8.58. The van der Waals surface area contributed by atoms with E-state index >= 15 is 0 Å². The normalized spacial score (nSPS) is 24.6. The first-order chi connectivity index (χ1) is 14.0. The molecule has 3 N–H and O–H groups in total. The first kappa shape index (κ1) is 22.6. The van der Waals surface area contributed by atoms with Gasteiger partial charge in [-0.1, -0.05) is 6.07 Å². The Bertz CT molecular complexity index is 794. The third-order valence-electron chi connectivity index (χ3n) is 5.72. The van der Waals surface area contributed by atoms with Crippen LogP contribution in [0, 0.1) is 6.92 Å². The van der Waals surface area contributed by atoms with Gasteiger partial charge in [0.05, 0.1) is 12.1 Å². The van der Waals surface area contributed by atoms with E-state index in [0.29, 0.717) is 37.4 Å². The van der Waals surface area contributed by atoms with E-state index in [1.54, 1.807) is 12.1 Å². The number of aryl methyl sites for hydroxylation is 1. The molecular formula is C21H30F2N4O3. The number of piperidine rings is 1. The molecule has 2 fully saturated rings. The van der Waals surface area contributed by atoms with Gasteiger partial charge >= 0.3 is 0 Å². The van der Waals surface area contributed by atoms with Crippen LogP contribution >= 0.6 is 0 Å². The standard InChI is InChI=1S/C21H30F2N4O3/c1-15-3-4-17(11-18(15)24-16(2)28)25-19(29)12-27-8-5-20(30,14-27)13-26-9-6-21(22,23)7-10-26/h3-4,11,30H,5-10,12-14H2,1-2H3,(H,24,28)(H,25,29). The fraction of sp³-hybridized carbons (Fsp3) is 0.619. The molecule has 1 atom stereocenters. The molecule has 7 nitrogen and oxygen atoms in total. The van der Waals surface area contributed by atoms with Crippen LogP contribution < -0.4 is 10.6 Å². The summed E-state index contributed by atoms with van der Waals surface area (Å²) in [6.07, 6.45) is 0.156. The van der Waals surface area contributed by atoms with Gasteiger partial charge < -0.3 is 15.7 Å². The molecule has 1 unspecified atom stereocenters. The van der Waals surface area contributed by atoms with E-state index < -0.39 is 11.5 Å². The molecule has 9 heteroatoms. The van der Waals surface area contributed by atoms with Crippen LogP contribution in [0.3, 0.4) is 0 Å². The zero-order valence-corrected chi connectivity index (χ0v) is 17.5. The van der Waals surface area contributed by atoms with E-state index in [0.717, 1.165) is 5.56 Å². The molecule has 0 spiro atoms. The van der Waals surface area contributed by atoms with Crippen LogP contribution in [0.2, 0.25) is 0 Å². The monoisotopic (exact) mass is 424 g/mol. The van der Waals surface area contributed by atoms with E-state index in [1.807, 2.05) is 22.8 Å². The van der Waals surface area contributed by atoms with E-state index in [1.165, 1.54) is 6.92 Å². The molecule has 0 radical (unpaired) electrons. The Morgan fingerprint density at radius 1 is 1.10 bits per heavy atom. The molecule has 1 aromatic rings. The van der Waals surface area contributed by atoms with E-state index in [9.17, 15) is 23.5 Å². The summed E-state index contributed by atoms with van der Waals surface area (Å²) in [5, 5.41) is 16.4. The number of alkyl halides is 2. The van der Waals surface area contributed by atoms with E-state index in [-0.39, 0.29) is 44.3 Å². The largest absolute Gasteiger partial charge is 0.387 e.